The number of nitrogens with one attached hydrogen (secondary N) is 1. The quantitative estimate of drug-likeness (QED) is 0.355. The second kappa shape index (κ2) is 9.12. The van der Waals surface area contributed by atoms with Crippen LogP contribution in [0.1, 0.15) is 21.5 Å². The fourth-order valence-electron chi connectivity index (χ4n) is 2.86. The number of hydrogen-bond donors (Lipinski definition) is 2. The molecule has 0 aliphatic carbocycles. The van der Waals surface area contributed by atoms with Gasteiger partial charge in [-0.25, -0.2) is 4.79 Å². The topological polar surface area (TPSA) is 80.2 Å². The van der Waals surface area contributed by atoms with Gasteiger partial charge in [-0.3, -0.25) is 5.43 Å². The molecule has 0 spiro atoms. The molecule has 0 saturated carbocycles. The molecule has 3 aromatic carbocycles. The molecule has 156 valence electrons. The van der Waals surface area contributed by atoms with E-state index in [0.29, 0.717) is 32.9 Å². The number of fused-ring (bicyclic) bond motifs is 1. The standard InChI is InChI=1S/C23H16Cl2N2O4/c24-18-8-5-16(12-19(18)25)20(27-26-17-6-3-15(4-7-17)23(28)29)9-1-14-2-10-21-22(11-14)31-13-30-21/h1-12,26H,13H2,(H,28,29)/b9-1+,27-20-. The van der Waals surface area contributed by atoms with Crippen LogP contribution in [0.25, 0.3) is 6.08 Å². The van der Waals surface area contributed by atoms with E-state index < -0.39 is 5.97 Å². The Morgan fingerprint density at radius 1 is 0.935 bits per heavy atom. The molecule has 6 nitrogen and oxygen atoms in total. The first-order valence-electron chi connectivity index (χ1n) is 9.20. The van der Waals surface area contributed by atoms with Gasteiger partial charge in [0.05, 0.1) is 27.0 Å². The molecule has 0 bridgehead atoms. The molecule has 0 fully saturated rings. The van der Waals surface area contributed by atoms with E-state index in [4.69, 9.17) is 37.8 Å². The number of rotatable bonds is 6. The maximum Gasteiger partial charge on any atom is 0.335 e. The van der Waals surface area contributed by atoms with Gasteiger partial charge in [0.2, 0.25) is 6.79 Å². The molecule has 1 aliphatic heterocycles. The number of halogens is 2. The zero-order chi connectivity index (χ0) is 21.8. The second-order valence-corrected chi connectivity index (χ2v) is 7.38. The summed E-state index contributed by atoms with van der Waals surface area (Å²) in [4.78, 5) is 11.0. The van der Waals surface area contributed by atoms with E-state index in [1.165, 1.54) is 12.1 Å². The Hall–Kier alpha value is -3.48. The Kier molecular flexibility index (Phi) is 6.11. The van der Waals surface area contributed by atoms with E-state index in [0.717, 1.165) is 11.1 Å². The molecule has 0 radical (unpaired) electrons. The number of anilines is 1. The van der Waals surface area contributed by atoms with Gasteiger partial charge in [0.25, 0.3) is 0 Å². The lowest BCUT2D eigenvalue weighted by Gasteiger charge is -2.07. The van der Waals surface area contributed by atoms with Crippen LogP contribution >= 0.6 is 23.2 Å². The lowest BCUT2D eigenvalue weighted by Crippen LogP contribution is -2.02. The third kappa shape index (κ3) is 4.99. The van der Waals surface area contributed by atoms with Gasteiger partial charge in [-0.2, -0.15) is 5.10 Å². The minimum atomic E-state index is -0.988. The molecule has 0 unspecified atom stereocenters. The molecular formula is C23H16Cl2N2O4. The van der Waals surface area contributed by atoms with Crippen molar-refractivity contribution in [1.29, 1.82) is 0 Å². The third-order valence-electron chi connectivity index (χ3n) is 4.48. The monoisotopic (exact) mass is 454 g/mol. The second-order valence-electron chi connectivity index (χ2n) is 6.57. The van der Waals surface area contributed by atoms with Gasteiger partial charge >= 0.3 is 5.97 Å². The maximum absolute atomic E-state index is 11.0. The Balaban J connectivity index is 1.62. The minimum Gasteiger partial charge on any atom is -0.478 e. The van der Waals surface area contributed by atoms with Crippen molar-refractivity contribution in [2.75, 3.05) is 12.2 Å². The smallest absolute Gasteiger partial charge is 0.335 e. The summed E-state index contributed by atoms with van der Waals surface area (Å²) in [6.07, 6.45) is 3.72. The average molecular weight is 455 g/mol. The highest BCUT2D eigenvalue weighted by Gasteiger charge is 2.12. The summed E-state index contributed by atoms with van der Waals surface area (Å²) in [5, 5.41) is 14.4. The SMILES string of the molecule is O=C(O)c1ccc(N/N=C(/C=C/c2ccc3c(c2)OCO3)c2ccc(Cl)c(Cl)c2)cc1. The van der Waals surface area contributed by atoms with Crippen molar-refractivity contribution >= 4 is 46.6 Å². The van der Waals surface area contributed by atoms with E-state index in [-0.39, 0.29) is 12.4 Å². The largest absolute Gasteiger partial charge is 0.478 e. The van der Waals surface area contributed by atoms with Crippen LogP contribution < -0.4 is 14.9 Å². The molecule has 8 heteroatoms. The molecule has 3 aromatic rings. The first-order valence-corrected chi connectivity index (χ1v) is 9.95. The number of carboxylic acids is 1. The van der Waals surface area contributed by atoms with Gasteiger partial charge < -0.3 is 14.6 Å². The molecule has 31 heavy (non-hydrogen) atoms. The molecule has 0 saturated heterocycles. The lowest BCUT2D eigenvalue weighted by molar-refractivity contribution is 0.0697. The highest BCUT2D eigenvalue weighted by atomic mass is 35.5. The Morgan fingerprint density at radius 2 is 1.68 bits per heavy atom. The van der Waals surface area contributed by atoms with Gasteiger partial charge in [-0.1, -0.05) is 41.4 Å². The van der Waals surface area contributed by atoms with Gasteiger partial charge in [0.15, 0.2) is 11.5 Å². The maximum atomic E-state index is 11.0. The predicted molar refractivity (Wildman–Crippen MR) is 122 cm³/mol. The van der Waals surface area contributed by atoms with Crippen molar-refractivity contribution in [3.05, 3.63) is 93.5 Å². The van der Waals surface area contributed by atoms with Crippen LogP contribution in [0.5, 0.6) is 11.5 Å². The third-order valence-corrected chi connectivity index (χ3v) is 5.22. The highest BCUT2D eigenvalue weighted by molar-refractivity contribution is 6.42. The number of hydrogen-bond acceptors (Lipinski definition) is 5. The van der Waals surface area contributed by atoms with E-state index in [9.17, 15) is 4.79 Å². The number of allylic oxidation sites excluding steroid dienone is 1. The van der Waals surface area contributed by atoms with Crippen LogP contribution in [0.15, 0.2) is 71.8 Å². The minimum absolute atomic E-state index is 0.196. The number of carboxylic acid groups (broad SMARTS) is 1. The summed E-state index contributed by atoms with van der Waals surface area (Å²) < 4.78 is 10.8. The molecule has 2 N–H and O–H groups in total. The summed E-state index contributed by atoms with van der Waals surface area (Å²) in [6.45, 7) is 0.211. The van der Waals surface area contributed by atoms with E-state index in [1.54, 1.807) is 24.3 Å². The summed E-state index contributed by atoms with van der Waals surface area (Å²) in [5.74, 6) is 0.409. The highest BCUT2D eigenvalue weighted by Crippen LogP contribution is 2.33. The van der Waals surface area contributed by atoms with Crippen LogP contribution in [-0.2, 0) is 0 Å². The van der Waals surface area contributed by atoms with Gasteiger partial charge in [-0.15, -0.1) is 0 Å². The number of aromatic carboxylic acids is 1. The van der Waals surface area contributed by atoms with Crippen molar-refractivity contribution in [1.82, 2.24) is 0 Å². The van der Waals surface area contributed by atoms with Crippen molar-refractivity contribution < 1.29 is 19.4 Å². The number of benzene rings is 3. The first kappa shape index (κ1) is 20.8. The fraction of sp³-hybridized carbons (Fsp3) is 0.0435. The van der Waals surface area contributed by atoms with Crippen LogP contribution in [0.4, 0.5) is 5.69 Å². The molecule has 0 amide bonds. The molecule has 0 atom stereocenters. The summed E-state index contributed by atoms with van der Waals surface area (Å²) in [6, 6.07) is 17.2. The first-order chi connectivity index (χ1) is 15.0. The Morgan fingerprint density at radius 3 is 2.42 bits per heavy atom. The van der Waals surface area contributed by atoms with Gasteiger partial charge in [0.1, 0.15) is 0 Å². The van der Waals surface area contributed by atoms with Gasteiger partial charge in [-0.05, 0) is 60.2 Å². The van der Waals surface area contributed by atoms with E-state index in [2.05, 4.69) is 10.5 Å². The number of ether oxygens (including phenoxy) is 2. The Labute approximate surface area is 188 Å². The normalized spacial score (nSPS) is 12.9. The summed E-state index contributed by atoms with van der Waals surface area (Å²) in [5.41, 5.74) is 6.03. The van der Waals surface area contributed by atoms with E-state index in [1.807, 2.05) is 36.4 Å². The van der Waals surface area contributed by atoms with Crippen LogP contribution in [-0.4, -0.2) is 23.6 Å². The number of nitrogens with zero attached hydrogens (tertiary/aromatic N) is 1. The summed E-state index contributed by atoms with van der Waals surface area (Å²) >= 11 is 12.2. The summed E-state index contributed by atoms with van der Waals surface area (Å²) in [7, 11) is 0. The number of carbonyl (C=O) groups is 1. The van der Waals surface area contributed by atoms with Gasteiger partial charge in [0, 0.05) is 5.56 Å². The van der Waals surface area contributed by atoms with Crippen molar-refractivity contribution in [3.8, 4) is 11.5 Å². The predicted octanol–water partition coefficient (Wildman–Crippen LogP) is 5.95. The van der Waals surface area contributed by atoms with Crippen molar-refractivity contribution in [2.45, 2.75) is 0 Å². The van der Waals surface area contributed by atoms with Crippen LogP contribution in [0, 0.1) is 0 Å². The van der Waals surface area contributed by atoms with Crippen molar-refractivity contribution in [3.63, 3.8) is 0 Å². The zero-order valence-electron chi connectivity index (χ0n) is 16.0. The Bertz CT molecular complexity index is 1190. The van der Waals surface area contributed by atoms with Crippen LogP contribution in [0.3, 0.4) is 0 Å². The molecule has 1 heterocycles. The number of hydrazone groups is 1. The molecule has 1 aliphatic rings. The molecular weight excluding hydrogens is 439 g/mol. The zero-order valence-corrected chi connectivity index (χ0v) is 17.5. The molecule has 0 aromatic heterocycles. The fourth-order valence-corrected chi connectivity index (χ4v) is 3.16. The molecule has 4 rings (SSSR count). The lowest BCUT2D eigenvalue weighted by atomic mass is 10.1. The average Bonchev–Trinajstić information content (AvgIpc) is 3.24. The van der Waals surface area contributed by atoms with Crippen molar-refractivity contribution in [2.24, 2.45) is 5.10 Å². The van der Waals surface area contributed by atoms with E-state index >= 15 is 0 Å². The van der Waals surface area contributed by atoms with Crippen LogP contribution in [0.2, 0.25) is 10.0 Å².